The molecular formula is C21H14Cl2N4O3S. The average Bonchev–Trinajstić information content (AvgIpc) is 3.34. The van der Waals surface area contributed by atoms with E-state index in [0.717, 1.165) is 4.90 Å². The molecule has 1 aromatic heterocycles. The minimum Gasteiger partial charge on any atom is -0.350 e. The van der Waals surface area contributed by atoms with Crippen LogP contribution in [0.4, 0.5) is 16.5 Å². The van der Waals surface area contributed by atoms with E-state index < -0.39 is 11.8 Å². The number of aromatic nitrogens is 1. The molecule has 7 nitrogen and oxygen atoms in total. The van der Waals surface area contributed by atoms with E-state index in [0.29, 0.717) is 32.7 Å². The first kappa shape index (κ1) is 21.0. The smallest absolute Gasteiger partial charge is 0.283 e. The molecule has 2 N–H and O–H groups in total. The number of nitrogens with zero attached hydrogens (tertiary/aromatic N) is 2. The molecule has 0 bridgehead atoms. The molecule has 1 aliphatic rings. The minimum atomic E-state index is -0.655. The van der Waals surface area contributed by atoms with Gasteiger partial charge in [0.05, 0.1) is 5.69 Å². The van der Waals surface area contributed by atoms with E-state index in [2.05, 4.69) is 15.6 Å². The summed E-state index contributed by atoms with van der Waals surface area (Å²) in [5.74, 6) is -1.63. The second kappa shape index (κ2) is 8.50. The summed E-state index contributed by atoms with van der Waals surface area (Å²) in [5, 5.41) is 7.95. The quantitative estimate of drug-likeness (QED) is 0.520. The van der Waals surface area contributed by atoms with Crippen molar-refractivity contribution in [3.05, 3.63) is 80.9 Å². The molecule has 2 aromatic carbocycles. The van der Waals surface area contributed by atoms with Gasteiger partial charge in [0.2, 0.25) is 0 Å². The zero-order valence-electron chi connectivity index (χ0n) is 16.0. The Labute approximate surface area is 191 Å². The molecule has 31 heavy (non-hydrogen) atoms. The maximum atomic E-state index is 13.0. The Kier molecular flexibility index (Phi) is 5.77. The number of nitrogens with one attached hydrogen (secondary N) is 2. The van der Waals surface area contributed by atoms with Crippen LogP contribution in [0, 0.1) is 6.92 Å². The summed E-state index contributed by atoms with van der Waals surface area (Å²) in [7, 11) is 0. The van der Waals surface area contributed by atoms with Gasteiger partial charge in [0.25, 0.3) is 17.7 Å². The molecule has 0 atom stereocenters. The van der Waals surface area contributed by atoms with Gasteiger partial charge in [-0.1, -0.05) is 35.3 Å². The Balaban J connectivity index is 1.58. The highest BCUT2D eigenvalue weighted by Crippen LogP contribution is 2.34. The fourth-order valence-electron chi connectivity index (χ4n) is 3.01. The molecule has 0 unspecified atom stereocenters. The third-order valence-corrected chi connectivity index (χ3v) is 6.00. The number of carbonyl (C=O) groups excluding carboxylic acids is 3. The van der Waals surface area contributed by atoms with Crippen LogP contribution in [-0.4, -0.2) is 22.7 Å². The maximum Gasteiger partial charge on any atom is 0.283 e. The van der Waals surface area contributed by atoms with Crippen LogP contribution in [0.25, 0.3) is 0 Å². The van der Waals surface area contributed by atoms with Crippen molar-refractivity contribution >= 4 is 68.8 Å². The minimum absolute atomic E-state index is 0.0801. The van der Waals surface area contributed by atoms with Crippen LogP contribution in [-0.2, 0) is 9.59 Å². The molecule has 0 saturated carbocycles. The number of hydrogen-bond acceptors (Lipinski definition) is 6. The fourth-order valence-corrected chi connectivity index (χ4v) is 3.91. The highest BCUT2D eigenvalue weighted by molar-refractivity contribution is 7.13. The number of carbonyl (C=O) groups is 3. The van der Waals surface area contributed by atoms with E-state index in [1.807, 2.05) is 0 Å². The first-order chi connectivity index (χ1) is 14.9. The molecule has 0 fully saturated rings. The summed E-state index contributed by atoms with van der Waals surface area (Å²) in [6.07, 6.45) is 1.59. The molecule has 0 aliphatic carbocycles. The summed E-state index contributed by atoms with van der Waals surface area (Å²) in [6, 6.07) is 11.4. The number of hydrogen-bond donors (Lipinski definition) is 2. The largest absolute Gasteiger partial charge is 0.350 e. The van der Waals surface area contributed by atoms with Gasteiger partial charge in [0.15, 0.2) is 5.13 Å². The monoisotopic (exact) mass is 472 g/mol. The number of halogens is 2. The molecule has 3 amide bonds. The van der Waals surface area contributed by atoms with E-state index in [4.69, 9.17) is 23.2 Å². The highest BCUT2D eigenvalue weighted by atomic mass is 35.5. The van der Waals surface area contributed by atoms with Crippen molar-refractivity contribution in [2.75, 3.05) is 15.5 Å². The summed E-state index contributed by atoms with van der Waals surface area (Å²) in [4.78, 5) is 43.1. The van der Waals surface area contributed by atoms with Crippen molar-refractivity contribution < 1.29 is 14.4 Å². The van der Waals surface area contributed by atoms with Crippen molar-refractivity contribution in [2.24, 2.45) is 0 Å². The molecule has 0 saturated heterocycles. The predicted octanol–water partition coefficient (Wildman–Crippen LogP) is 4.79. The Morgan fingerprint density at radius 2 is 1.87 bits per heavy atom. The van der Waals surface area contributed by atoms with Crippen LogP contribution in [0.2, 0.25) is 5.02 Å². The van der Waals surface area contributed by atoms with Gasteiger partial charge < -0.3 is 5.32 Å². The second-order valence-corrected chi connectivity index (χ2v) is 8.20. The van der Waals surface area contributed by atoms with Gasteiger partial charge in [0, 0.05) is 27.9 Å². The first-order valence-corrected chi connectivity index (χ1v) is 10.6. The molecule has 10 heteroatoms. The zero-order chi connectivity index (χ0) is 22.1. The summed E-state index contributed by atoms with van der Waals surface area (Å²) < 4.78 is 0. The second-order valence-electron chi connectivity index (χ2n) is 6.52. The molecule has 4 rings (SSSR count). The van der Waals surface area contributed by atoms with Crippen LogP contribution in [0.5, 0.6) is 0 Å². The van der Waals surface area contributed by atoms with Crippen molar-refractivity contribution in [1.82, 2.24) is 4.98 Å². The van der Waals surface area contributed by atoms with Crippen molar-refractivity contribution in [1.29, 1.82) is 0 Å². The molecule has 0 spiro atoms. The van der Waals surface area contributed by atoms with Gasteiger partial charge >= 0.3 is 0 Å². The lowest BCUT2D eigenvalue weighted by Crippen LogP contribution is -2.32. The summed E-state index contributed by atoms with van der Waals surface area (Å²) in [6.45, 7) is 1.71. The molecule has 1 aliphatic heterocycles. The Morgan fingerprint density at radius 1 is 1.10 bits per heavy atom. The van der Waals surface area contributed by atoms with Crippen LogP contribution in [0.3, 0.4) is 0 Å². The van der Waals surface area contributed by atoms with Crippen LogP contribution in [0.1, 0.15) is 15.9 Å². The Morgan fingerprint density at radius 3 is 2.61 bits per heavy atom. The zero-order valence-corrected chi connectivity index (χ0v) is 18.3. The van der Waals surface area contributed by atoms with Crippen LogP contribution >= 0.6 is 34.5 Å². The van der Waals surface area contributed by atoms with Gasteiger partial charge in [0.1, 0.15) is 10.7 Å². The van der Waals surface area contributed by atoms with E-state index in [-0.39, 0.29) is 16.6 Å². The summed E-state index contributed by atoms with van der Waals surface area (Å²) in [5.41, 5.74) is 1.62. The van der Waals surface area contributed by atoms with Gasteiger partial charge in [-0.25, -0.2) is 9.88 Å². The Bertz CT molecular complexity index is 1240. The van der Waals surface area contributed by atoms with Gasteiger partial charge in [-0.3, -0.25) is 19.7 Å². The maximum absolute atomic E-state index is 13.0. The fraction of sp³-hybridized carbons (Fsp3) is 0.0476. The Hall–Kier alpha value is -3.20. The van der Waals surface area contributed by atoms with Gasteiger partial charge in [-0.05, 0) is 42.8 Å². The first-order valence-electron chi connectivity index (χ1n) is 8.98. The standard InChI is InChI=1S/C21H14Cl2N4O3S/c1-11-14(22)6-3-7-15(11)27-19(29)16(23)17(20(27)30)25-13-5-2-4-12(10-13)18(28)26-21-24-8-9-31-21/h2-10,25H,1H3,(H,24,26,28). The summed E-state index contributed by atoms with van der Waals surface area (Å²) >= 11 is 13.6. The molecule has 0 radical (unpaired) electrons. The highest BCUT2D eigenvalue weighted by Gasteiger charge is 2.39. The number of rotatable bonds is 5. The van der Waals surface area contributed by atoms with Gasteiger partial charge in [-0.2, -0.15) is 0 Å². The molecular weight excluding hydrogens is 459 g/mol. The molecule has 156 valence electrons. The third-order valence-electron chi connectivity index (χ3n) is 4.55. The normalized spacial score (nSPS) is 13.7. The lowest BCUT2D eigenvalue weighted by atomic mass is 10.1. The average molecular weight is 473 g/mol. The van der Waals surface area contributed by atoms with Crippen LogP contribution in [0.15, 0.2) is 64.8 Å². The SMILES string of the molecule is Cc1c(Cl)cccc1N1C(=O)C(Cl)=C(Nc2cccc(C(=O)Nc3nccs3)c2)C1=O. The molecule has 3 aromatic rings. The number of amides is 3. The van der Waals surface area contributed by atoms with Crippen molar-refractivity contribution in [3.8, 4) is 0 Å². The number of anilines is 3. The lowest BCUT2D eigenvalue weighted by molar-refractivity contribution is -0.120. The van der Waals surface area contributed by atoms with E-state index in [1.165, 1.54) is 11.3 Å². The van der Waals surface area contributed by atoms with E-state index in [9.17, 15) is 14.4 Å². The van der Waals surface area contributed by atoms with Gasteiger partial charge in [-0.15, -0.1) is 11.3 Å². The van der Waals surface area contributed by atoms with Crippen molar-refractivity contribution in [2.45, 2.75) is 6.92 Å². The number of thiazole rings is 1. The van der Waals surface area contributed by atoms with E-state index in [1.54, 1.807) is 61.0 Å². The number of benzene rings is 2. The lowest BCUT2D eigenvalue weighted by Gasteiger charge is -2.18. The molecule has 2 heterocycles. The topological polar surface area (TPSA) is 91.4 Å². The predicted molar refractivity (Wildman–Crippen MR) is 122 cm³/mol. The van der Waals surface area contributed by atoms with Crippen LogP contribution < -0.4 is 15.5 Å². The number of imide groups is 1. The van der Waals surface area contributed by atoms with Crippen molar-refractivity contribution in [3.63, 3.8) is 0 Å². The van der Waals surface area contributed by atoms with E-state index >= 15 is 0 Å². The third kappa shape index (κ3) is 4.05.